The van der Waals surface area contributed by atoms with Crippen LogP contribution in [0.3, 0.4) is 0 Å². The van der Waals surface area contributed by atoms with Crippen LogP contribution in [0, 0.1) is 5.92 Å². The molecule has 1 aliphatic carbocycles. The van der Waals surface area contributed by atoms with Crippen molar-refractivity contribution in [3.8, 4) is 0 Å². The van der Waals surface area contributed by atoms with E-state index in [-0.39, 0.29) is 0 Å². The van der Waals surface area contributed by atoms with Crippen LogP contribution in [0.2, 0.25) is 0 Å². The Morgan fingerprint density at radius 2 is 2.25 bits per heavy atom. The van der Waals surface area contributed by atoms with Crippen molar-refractivity contribution in [3.63, 3.8) is 0 Å². The highest BCUT2D eigenvalue weighted by Gasteiger charge is 2.24. The van der Waals surface area contributed by atoms with E-state index in [9.17, 15) is 0 Å². The van der Waals surface area contributed by atoms with Crippen LogP contribution < -0.4 is 5.32 Å². The van der Waals surface area contributed by atoms with Gasteiger partial charge in [0.05, 0.1) is 0 Å². The molecule has 0 aromatic carbocycles. The van der Waals surface area contributed by atoms with Crippen LogP contribution in [0.15, 0.2) is 12.2 Å². The molecule has 0 bridgehead atoms. The molecule has 0 amide bonds. The first-order valence-corrected chi connectivity index (χ1v) is 7.01. The molecule has 0 spiro atoms. The Morgan fingerprint density at radius 3 is 3.00 bits per heavy atom. The van der Waals surface area contributed by atoms with E-state index in [1.54, 1.807) is 0 Å². The summed E-state index contributed by atoms with van der Waals surface area (Å²) in [6.07, 6.45) is 11.7. The van der Waals surface area contributed by atoms with Crippen LogP contribution in [0.1, 0.15) is 39.0 Å². The molecule has 2 heteroatoms. The second-order valence-electron chi connectivity index (χ2n) is 5.24. The minimum atomic E-state index is 0.748. The van der Waals surface area contributed by atoms with Crippen LogP contribution in [0.4, 0.5) is 0 Å². The average Bonchev–Trinajstić information content (AvgIpc) is 2.38. The van der Waals surface area contributed by atoms with Crippen molar-refractivity contribution in [2.45, 2.75) is 45.1 Å². The molecule has 92 valence electrons. The van der Waals surface area contributed by atoms with Gasteiger partial charge in [0, 0.05) is 12.6 Å². The Balaban J connectivity index is 1.81. The molecule has 2 atom stereocenters. The van der Waals surface area contributed by atoms with Gasteiger partial charge in [-0.15, -0.1) is 0 Å². The fourth-order valence-corrected chi connectivity index (χ4v) is 3.01. The summed E-state index contributed by atoms with van der Waals surface area (Å²) < 4.78 is 0. The second kappa shape index (κ2) is 6.41. The maximum atomic E-state index is 3.50. The number of piperidine rings is 1. The van der Waals surface area contributed by atoms with Crippen molar-refractivity contribution in [2.24, 2.45) is 5.92 Å². The molecule has 1 aliphatic heterocycles. The van der Waals surface area contributed by atoms with E-state index >= 15 is 0 Å². The Morgan fingerprint density at radius 1 is 1.31 bits per heavy atom. The number of nitrogens with one attached hydrogen (secondary N) is 1. The van der Waals surface area contributed by atoms with Crippen LogP contribution >= 0.6 is 0 Å². The third-order valence-electron chi connectivity index (χ3n) is 3.93. The summed E-state index contributed by atoms with van der Waals surface area (Å²) in [7, 11) is 0. The lowest BCUT2D eigenvalue weighted by Crippen LogP contribution is -2.44. The van der Waals surface area contributed by atoms with Gasteiger partial charge >= 0.3 is 0 Å². The van der Waals surface area contributed by atoms with Gasteiger partial charge < -0.3 is 5.32 Å². The van der Waals surface area contributed by atoms with Gasteiger partial charge in [-0.25, -0.2) is 0 Å². The van der Waals surface area contributed by atoms with Gasteiger partial charge in [-0.3, -0.25) is 4.90 Å². The summed E-state index contributed by atoms with van der Waals surface area (Å²) in [6, 6.07) is 0.748. The largest absolute Gasteiger partial charge is 0.317 e. The SMILES string of the molecule is CCNCC1CCCN(C2C=CCCC2)C1. The molecular formula is C14H26N2. The molecule has 1 fully saturated rings. The summed E-state index contributed by atoms with van der Waals surface area (Å²) in [5, 5.41) is 3.50. The number of likely N-dealkylation sites (tertiary alicyclic amines) is 1. The van der Waals surface area contributed by atoms with Crippen molar-refractivity contribution in [2.75, 3.05) is 26.2 Å². The molecule has 2 rings (SSSR count). The molecule has 0 aromatic heterocycles. The predicted molar refractivity (Wildman–Crippen MR) is 69.6 cm³/mol. The minimum Gasteiger partial charge on any atom is -0.317 e. The summed E-state index contributed by atoms with van der Waals surface area (Å²) in [6.45, 7) is 7.15. The first kappa shape index (κ1) is 12.1. The molecule has 0 aromatic rings. The predicted octanol–water partition coefficient (Wildman–Crippen LogP) is 2.42. The molecule has 0 radical (unpaired) electrons. The molecular weight excluding hydrogens is 196 g/mol. The molecule has 2 unspecified atom stereocenters. The van der Waals surface area contributed by atoms with Crippen LogP contribution in [0.5, 0.6) is 0 Å². The minimum absolute atomic E-state index is 0.748. The lowest BCUT2D eigenvalue weighted by Gasteiger charge is -2.38. The maximum Gasteiger partial charge on any atom is 0.0278 e. The third-order valence-corrected chi connectivity index (χ3v) is 3.93. The Hall–Kier alpha value is -0.340. The quantitative estimate of drug-likeness (QED) is 0.735. The van der Waals surface area contributed by atoms with Gasteiger partial charge in [-0.2, -0.15) is 0 Å². The van der Waals surface area contributed by atoms with Gasteiger partial charge in [-0.1, -0.05) is 19.1 Å². The van der Waals surface area contributed by atoms with Gasteiger partial charge in [0.2, 0.25) is 0 Å². The van der Waals surface area contributed by atoms with E-state index in [2.05, 4.69) is 29.3 Å². The molecule has 0 saturated carbocycles. The number of rotatable bonds is 4. The van der Waals surface area contributed by atoms with Crippen LogP contribution in [-0.4, -0.2) is 37.1 Å². The van der Waals surface area contributed by atoms with E-state index in [0.29, 0.717) is 0 Å². The molecule has 2 aliphatic rings. The number of allylic oxidation sites excluding steroid dienone is 1. The smallest absolute Gasteiger partial charge is 0.0278 e. The zero-order valence-electron chi connectivity index (χ0n) is 10.6. The van der Waals surface area contributed by atoms with Gasteiger partial charge in [0.1, 0.15) is 0 Å². The van der Waals surface area contributed by atoms with Crippen molar-refractivity contribution in [1.82, 2.24) is 10.2 Å². The second-order valence-corrected chi connectivity index (χ2v) is 5.24. The highest BCUT2D eigenvalue weighted by atomic mass is 15.2. The monoisotopic (exact) mass is 222 g/mol. The Labute approximate surface area is 100 Å². The van der Waals surface area contributed by atoms with Crippen LogP contribution in [0.25, 0.3) is 0 Å². The number of hydrogen-bond acceptors (Lipinski definition) is 2. The zero-order valence-corrected chi connectivity index (χ0v) is 10.6. The standard InChI is InChI=1S/C14H26N2/c1-2-15-11-13-7-6-10-16(12-13)14-8-4-3-5-9-14/h4,8,13-15H,2-3,5-7,9-12H2,1H3. The Kier molecular flexibility index (Phi) is 4.86. The van der Waals surface area contributed by atoms with Crippen molar-refractivity contribution in [1.29, 1.82) is 0 Å². The molecule has 16 heavy (non-hydrogen) atoms. The van der Waals surface area contributed by atoms with E-state index in [1.807, 2.05) is 0 Å². The number of nitrogens with zero attached hydrogens (tertiary/aromatic N) is 1. The molecule has 1 heterocycles. The van der Waals surface area contributed by atoms with Crippen molar-refractivity contribution in [3.05, 3.63) is 12.2 Å². The Bertz CT molecular complexity index is 225. The van der Waals surface area contributed by atoms with E-state index in [4.69, 9.17) is 0 Å². The fourth-order valence-electron chi connectivity index (χ4n) is 3.01. The zero-order chi connectivity index (χ0) is 11.2. The third kappa shape index (κ3) is 3.33. The van der Waals surface area contributed by atoms with Crippen molar-refractivity contribution < 1.29 is 0 Å². The molecule has 1 N–H and O–H groups in total. The number of hydrogen-bond donors (Lipinski definition) is 1. The lowest BCUT2D eigenvalue weighted by atomic mass is 9.93. The maximum absolute atomic E-state index is 3.50. The summed E-state index contributed by atoms with van der Waals surface area (Å²) in [4.78, 5) is 2.71. The first-order chi connectivity index (χ1) is 7.90. The molecule has 1 saturated heterocycles. The van der Waals surface area contributed by atoms with Gasteiger partial charge in [0.15, 0.2) is 0 Å². The summed E-state index contributed by atoms with van der Waals surface area (Å²) in [5.41, 5.74) is 0. The summed E-state index contributed by atoms with van der Waals surface area (Å²) in [5.74, 6) is 0.879. The summed E-state index contributed by atoms with van der Waals surface area (Å²) >= 11 is 0. The van der Waals surface area contributed by atoms with Crippen molar-refractivity contribution >= 4 is 0 Å². The van der Waals surface area contributed by atoms with Gasteiger partial charge in [0.25, 0.3) is 0 Å². The van der Waals surface area contributed by atoms with E-state index in [0.717, 1.165) is 18.5 Å². The highest BCUT2D eigenvalue weighted by molar-refractivity contribution is 4.99. The first-order valence-electron chi connectivity index (χ1n) is 7.01. The normalized spacial score (nSPS) is 31.8. The van der Waals surface area contributed by atoms with E-state index < -0.39 is 0 Å². The average molecular weight is 222 g/mol. The van der Waals surface area contributed by atoms with Gasteiger partial charge in [-0.05, 0) is 57.7 Å². The van der Waals surface area contributed by atoms with E-state index in [1.165, 1.54) is 51.7 Å². The topological polar surface area (TPSA) is 15.3 Å². The lowest BCUT2D eigenvalue weighted by molar-refractivity contribution is 0.135. The van der Waals surface area contributed by atoms with Crippen LogP contribution in [-0.2, 0) is 0 Å². The fraction of sp³-hybridized carbons (Fsp3) is 0.857. The molecule has 2 nitrogen and oxygen atoms in total. The highest BCUT2D eigenvalue weighted by Crippen LogP contribution is 2.23.